The van der Waals surface area contributed by atoms with E-state index in [1.807, 2.05) is 75.4 Å². The molecule has 3 aromatic rings. The summed E-state index contributed by atoms with van der Waals surface area (Å²) < 4.78 is 5.63. The molecule has 0 aliphatic carbocycles. The molecule has 1 N–H and O–H groups in total. The third-order valence-corrected chi connectivity index (χ3v) is 4.39. The van der Waals surface area contributed by atoms with Gasteiger partial charge in [0.25, 0.3) is 5.91 Å². The standard InChI is InChI=1S/C23H26N4O2/c1-4-29-21-13-9-8-12-19(21)25-23-24-15-14-20(26-23)22(28)27(17(2)3)16-18-10-6-5-7-11-18/h5-15,17H,4,16H2,1-3H3,(H,24,25,26). The average Bonchev–Trinajstić information content (AvgIpc) is 2.74. The number of nitrogens with one attached hydrogen (secondary N) is 1. The van der Waals surface area contributed by atoms with Gasteiger partial charge in [0.1, 0.15) is 11.4 Å². The van der Waals surface area contributed by atoms with Gasteiger partial charge in [0.05, 0.1) is 12.3 Å². The van der Waals surface area contributed by atoms with Crippen LogP contribution in [0, 0.1) is 0 Å². The van der Waals surface area contributed by atoms with Gasteiger partial charge in [-0.2, -0.15) is 0 Å². The van der Waals surface area contributed by atoms with E-state index in [0.29, 0.717) is 30.5 Å². The molecule has 1 heterocycles. The SMILES string of the molecule is CCOc1ccccc1Nc1nccc(C(=O)N(Cc2ccccc2)C(C)C)n1. The van der Waals surface area contributed by atoms with Crippen molar-refractivity contribution in [3.8, 4) is 5.75 Å². The fourth-order valence-electron chi connectivity index (χ4n) is 2.93. The first kappa shape index (κ1) is 20.3. The Balaban J connectivity index is 1.81. The molecule has 1 amide bonds. The van der Waals surface area contributed by atoms with Crippen molar-refractivity contribution in [3.63, 3.8) is 0 Å². The number of benzene rings is 2. The molecule has 29 heavy (non-hydrogen) atoms. The largest absolute Gasteiger partial charge is 0.492 e. The van der Waals surface area contributed by atoms with Gasteiger partial charge in [0, 0.05) is 18.8 Å². The molecular formula is C23H26N4O2. The lowest BCUT2D eigenvalue weighted by Gasteiger charge is -2.26. The average molecular weight is 390 g/mol. The maximum atomic E-state index is 13.1. The van der Waals surface area contributed by atoms with Gasteiger partial charge < -0.3 is 15.0 Å². The van der Waals surface area contributed by atoms with E-state index in [2.05, 4.69) is 15.3 Å². The number of hydrogen-bond acceptors (Lipinski definition) is 5. The number of anilines is 2. The first-order chi connectivity index (χ1) is 14.1. The Hall–Kier alpha value is -3.41. The van der Waals surface area contributed by atoms with E-state index in [-0.39, 0.29) is 11.9 Å². The number of hydrogen-bond donors (Lipinski definition) is 1. The van der Waals surface area contributed by atoms with Crippen molar-refractivity contribution in [2.45, 2.75) is 33.4 Å². The molecule has 3 rings (SSSR count). The number of aromatic nitrogens is 2. The molecule has 0 aliphatic rings. The Bertz CT molecular complexity index is 944. The van der Waals surface area contributed by atoms with Gasteiger partial charge in [-0.15, -0.1) is 0 Å². The summed E-state index contributed by atoms with van der Waals surface area (Å²) in [7, 11) is 0. The second-order valence-electron chi connectivity index (χ2n) is 6.83. The molecule has 0 saturated heterocycles. The van der Waals surface area contributed by atoms with E-state index < -0.39 is 0 Å². The second-order valence-corrected chi connectivity index (χ2v) is 6.83. The Morgan fingerprint density at radius 3 is 2.52 bits per heavy atom. The van der Waals surface area contributed by atoms with Crippen LogP contribution in [0.5, 0.6) is 5.75 Å². The van der Waals surface area contributed by atoms with Crippen molar-refractivity contribution >= 4 is 17.5 Å². The zero-order chi connectivity index (χ0) is 20.6. The van der Waals surface area contributed by atoms with Crippen molar-refractivity contribution in [1.82, 2.24) is 14.9 Å². The van der Waals surface area contributed by atoms with E-state index in [1.165, 1.54) is 0 Å². The molecule has 0 unspecified atom stereocenters. The first-order valence-corrected chi connectivity index (χ1v) is 9.75. The van der Waals surface area contributed by atoms with Crippen LogP contribution in [0.15, 0.2) is 66.9 Å². The van der Waals surface area contributed by atoms with Crippen LogP contribution < -0.4 is 10.1 Å². The summed E-state index contributed by atoms with van der Waals surface area (Å²) in [4.78, 5) is 23.7. The lowest BCUT2D eigenvalue weighted by molar-refractivity contribution is 0.0684. The minimum absolute atomic E-state index is 0.0350. The summed E-state index contributed by atoms with van der Waals surface area (Å²) in [5.74, 6) is 0.932. The summed E-state index contributed by atoms with van der Waals surface area (Å²) in [6.45, 7) is 7.01. The lowest BCUT2D eigenvalue weighted by atomic mass is 10.1. The van der Waals surface area contributed by atoms with Crippen molar-refractivity contribution < 1.29 is 9.53 Å². The number of amides is 1. The highest BCUT2D eigenvalue weighted by Crippen LogP contribution is 2.26. The predicted molar refractivity (Wildman–Crippen MR) is 114 cm³/mol. The summed E-state index contributed by atoms with van der Waals surface area (Å²) in [5.41, 5.74) is 2.18. The van der Waals surface area contributed by atoms with Crippen molar-refractivity contribution in [3.05, 3.63) is 78.1 Å². The molecule has 0 spiro atoms. The maximum absolute atomic E-state index is 13.1. The minimum atomic E-state index is -0.132. The molecule has 1 aromatic heterocycles. The minimum Gasteiger partial charge on any atom is -0.492 e. The zero-order valence-corrected chi connectivity index (χ0v) is 17.0. The van der Waals surface area contributed by atoms with Gasteiger partial charge in [-0.25, -0.2) is 9.97 Å². The van der Waals surface area contributed by atoms with Gasteiger partial charge in [-0.1, -0.05) is 42.5 Å². The van der Waals surface area contributed by atoms with Gasteiger partial charge in [0.15, 0.2) is 0 Å². The van der Waals surface area contributed by atoms with Crippen LogP contribution in [0.1, 0.15) is 36.8 Å². The Kier molecular flexibility index (Phi) is 6.79. The van der Waals surface area contributed by atoms with Crippen molar-refractivity contribution in [1.29, 1.82) is 0 Å². The third-order valence-electron chi connectivity index (χ3n) is 4.39. The number of nitrogens with zero attached hydrogens (tertiary/aromatic N) is 3. The topological polar surface area (TPSA) is 67.3 Å². The molecule has 0 radical (unpaired) electrons. The lowest BCUT2D eigenvalue weighted by Crippen LogP contribution is -2.37. The Morgan fingerprint density at radius 2 is 1.79 bits per heavy atom. The summed E-state index contributed by atoms with van der Waals surface area (Å²) >= 11 is 0. The van der Waals surface area contributed by atoms with Crippen molar-refractivity contribution in [2.24, 2.45) is 0 Å². The smallest absolute Gasteiger partial charge is 0.273 e. The van der Waals surface area contributed by atoms with E-state index in [0.717, 1.165) is 11.3 Å². The molecule has 2 aromatic carbocycles. The molecule has 0 saturated carbocycles. The van der Waals surface area contributed by atoms with Crippen LogP contribution in [-0.4, -0.2) is 33.4 Å². The number of ether oxygens (including phenoxy) is 1. The monoisotopic (exact) mass is 390 g/mol. The highest BCUT2D eigenvalue weighted by molar-refractivity contribution is 5.92. The zero-order valence-electron chi connectivity index (χ0n) is 17.0. The van der Waals surface area contributed by atoms with Crippen LogP contribution >= 0.6 is 0 Å². The van der Waals surface area contributed by atoms with Crippen LogP contribution in [0.25, 0.3) is 0 Å². The number of carbonyl (C=O) groups is 1. The molecule has 0 fully saturated rings. The van der Waals surface area contributed by atoms with Crippen LogP contribution in [0.4, 0.5) is 11.6 Å². The Labute approximate surface area is 171 Å². The van der Waals surface area contributed by atoms with Gasteiger partial charge >= 0.3 is 0 Å². The third kappa shape index (κ3) is 5.31. The molecule has 6 nitrogen and oxygen atoms in total. The van der Waals surface area contributed by atoms with Crippen LogP contribution in [0.3, 0.4) is 0 Å². The normalized spacial score (nSPS) is 10.6. The molecule has 0 aliphatic heterocycles. The van der Waals surface area contributed by atoms with Crippen LogP contribution in [-0.2, 0) is 6.54 Å². The quantitative estimate of drug-likeness (QED) is 0.605. The Morgan fingerprint density at radius 1 is 1.07 bits per heavy atom. The second kappa shape index (κ2) is 9.68. The number of carbonyl (C=O) groups excluding carboxylic acids is 1. The molecular weight excluding hydrogens is 364 g/mol. The number of para-hydroxylation sites is 2. The van der Waals surface area contributed by atoms with E-state index in [9.17, 15) is 4.79 Å². The summed E-state index contributed by atoms with van der Waals surface area (Å²) in [6, 6.07) is 19.2. The highest BCUT2D eigenvalue weighted by atomic mass is 16.5. The summed E-state index contributed by atoms with van der Waals surface area (Å²) in [6.07, 6.45) is 1.59. The molecule has 150 valence electrons. The first-order valence-electron chi connectivity index (χ1n) is 9.75. The maximum Gasteiger partial charge on any atom is 0.273 e. The van der Waals surface area contributed by atoms with Crippen LogP contribution in [0.2, 0.25) is 0 Å². The molecule has 0 atom stereocenters. The fraction of sp³-hybridized carbons (Fsp3) is 0.261. The van der Waals surface area contributed by atoms with Gasteiger partial charge in [-0.3, -0.25) is 4.79 Å². The van der Waals surface area contributed by atoms with E-state index >= 15 is 0 Å². The van der Waals surface area contributed by atoms with Crippen molar-refractivity contribution in [2.75, 3.05) is 11.9 Å². The fourth-order valence-corrected chi connectivity index (χ4v) is 2.93. The molecule has 6 heteroatoms. The van der Waals surface area contributed by atoms with Gasteiger partial charge in [-0.05, 0) is 44.5 Å². The summed E-state index contributed by atoms with van der Waals surface area (Å²) in [5, 5.41) is 3.15. The predicted octanol–water partition coefficient (Wildman–Crippen LogP) is 4.67. The highest BCUT2D eigenvalue weighted by Gasteiger charge is 2.21. The van der Waals surface area contributed by atoms with E-state index in [4.69, 9.17) is 4.74 Å². The molecule has 0 bridgehead atoms. The number of rotatable bonds is 8. The van der Waals surface area contributed by atoms with Gasteiger partial charge in [0.2, 0.25) is 5.95 Å². The van der Waals surface area contributed by atoms with E-state index in [1.54, 1.807) is 17.2 Å².